The second-order valence-corrected chi connectivity index (χ2v) is 4.62. The molecule has 0 N–H and O–H groups in total. The van der Waals surface area contributed by atoms with Gasteiger partial charge in [-0.1, -0.05) is 6.07 Å². The van der Waals surface area contributed by atoms with Crippen LogP contribution in [0.3, 0.4) is 0 Å². The van der Waals surface area contributed by atoms with Gasteiger partial charge in [-0.25, -0.2) is 0 Å². The third kappa shape index (κ3) is 3.56. The number of aromatic nitrogens is 1. The number of rotatable bonds is 5. The molecule has 0 saturated carbocycles. The van der Waals surface area contributed by atoms with E-state index in [1.165, 1.54) is 7.11 Å². The van der Waals surface area contributed by atoms with Gasteiger partial charge in [-0.2, -0.15) is 0 Å². The molecule has 2 rings (SSSR count). The van der Waals surface area contributed by atoms with Crippen molar-refractivity contribution in [2.45, 2.75) is 13.3 Å². The van der Waals surface area contributed by atoms with Crippen LogP contribution in [0.15, 0.2) is 36.5 Å². The maximum absolute atomic E-state index is 12.5. The third-order valence-electron chi connectivity index (χ3n) is 3.33. The van der Waals surface area contributed by atoms with E-state index in [9.17, 15) is 9.59 Å². The van der Waals surface area contributed by atoms with Gasteiger partial charge in [0.25, 0.3) is 5.91 Å². The zero-order valence-corrected chi connectivity index (χ0v) is 12.2. The summed E-state index contributed by atoms with van der Waals surface area (Å²) in [5.74, 6) is -0.406. The second kappa shape index (κ2) is 6.83. The van der Waals surface area contributed by atoms with Crippen LogP contribution in [-0.4, -0.2) is 42.0 Å². The summed E-state index contributed by atoms with van der Waals surface area (Å²) in [5.41, 5.74) is 1.45. The number of pyridine rings is 1. The van der Waals surface area contributed by atoms with Crippen LogP contribution in [0, 0.1) is 0 Å². The third-order valence-corrected chi connectivity index (χ3v) is 3.33. The predicted octanol–water partition coefficient (Wildman–Crippen LogP) is 2.26. The van der Waals surface area contributed by atoms with Crippen LogP contribution in [0.4, 0.5) is 0 Å². The first-order chi connectivity index (χ1) is 10.2. The highest BCUT2D eigenvalue weighted by Crippen LogP contribution is 2.15. The first-order valence-corrected chi connectivity index (χ1v) is 6.86. The Morgan fingerprint density at radius 1 is 1.29 bits per heavy atom. The number of amides is 1. The highest BCUT2D eigenvalue weighted by Gasteiger charge is 2.16. The highest BCUT2D eigenvalue weighted by molar-refractivity contribution is 5.98. The Labute approximate surface area is 123 Å². The Morgan fingerprint density at radius 2 is 2.10 bits per heavy atom. The van der Waals surface area contributed by atoms with Gasteiger partial charge in [0.15, 0.2) is 0 Å². The number of hydrogen-bond donors (Lipinski definition) is 0. The van der Waals surface area contributed by atoms with Crippen molar-refractivity contribution in [3.63, 3.8) is 0 Å². The van der Waals surface area contributed by atoms with Crippen molar-refractivity contribution in [2.75, 3.05) is 20.2 Å². The summed E-state index contributed by atoms with van der Waals surface area (Å²) >= 11 is 0. The molecule has 0 aliphatic carbocycles. The topological polar surface area (TPSA) is 59.5 Å². The van der Waals surface area contributed by atoms with Crippen LogP contribution < -0.4 is 0 Å². The number of carbonyl (C=O) groups is 2. The van der Waals surface area contributed by atoms with Crippen LogP contribution in [0.2, 0.25) is 0 Å². The average molecular weight is 286 g/mol. The normalized spacial score (nSPS) is 10.4. The summed E-state index contributed by atoms with van der Waals surface area (Å²) in [6.45, 7) is 2.78. The number of ether oxygens (including phenoxy) is 1. The minimum absolute atomic E-state index is 0.0906. The molecule has 1 aromatic heterocycles. The van der Waals surface area contributed by atoms with Gasteiger partial charge in [0, 0.05) is 30.2 Å². The Kier molecular flexibility index (Phi) is 4.87. The van der Waals surface area contributed by atoms with Crippen LogP contribution in [-0.2, 0) is 9.53 Å². The van der Waals surface area contributed by atoms with Gasteiger partial charge in [0.2, 0.25) is 0 Å². The zero-order chi connectivity index (χ0) is 15.2. The van der Waals surface area contributed by atoms with E-state index in [4.69, 9.17) is 0 Å². The van der Waals surface area contributed by atoms with Gasteiger partial charge in [0.1, 0.15) is 0 Å². The monoisotopic (exact) mass is 286 g/mol. The van der Waals surface area contributed by atoms with E-state index in [0.717, 1.165) is 10.9 Å². The smallest absolute Gasteiger partial charge is 0.307 e. The lowest BCUT2D eigenvalue weighted by atomic mass is 10.1. The van der Waals surface area contributed by atoms with Crippen molar-refractivity contribution in [1.29, 1.82) is 0 Å². The molecule has 5 heteroatoms. The number of hydrogen-bond acceptors (Lipinski definition) is 4. The number of fused-ring (bicyclic) bond motifs is 1. The molecule has 0 aliphatic heterocycles. The van der Waals surface area contributed by atoms with Crippen LogP contribution in [0.1, 0.15) is 23.7 Å². The molecule has 1 heterocycles. The molecule has 0 bridgehead atoms. The lowest BCUT2D eigenvalue weighted by Crippen LogP contribution is -2.33. The van der Waals surface area contributed by atoms with Crippen LogP contribution in [0.5, 0.6) is 0 Å². The lowest BCUT2D eigenvalue weighted by Gasteiger charge is -2.20. The van der Waals surface area contributed by atoms with E-state index < -0.39 is 0 Å². The van der Waals surface area contributed by atoms with Crippen molar-refractivity contribution in [1.82, 2.24) is 9.88 Å². The summed E-state index contributed by atoms with van der Waals surface area (Å²) in [7, 11) is 1.34. The molecule has 0 aliphatic rings. The molecule has 0 spiro atoms. The standard InChI is InChI=1S/C16H18N2O3/c1-3-18(10-8-15(19)21-2)16(20)13-6-7-14-12(11-13)5-4-9-17-14/h4-7,9,11H,3,8,10H2,1-2H3. The molecular formula is C16H18N2O3. The molecule has 0 atom stereocenters. The molecule has 0 fully saturated rings. The van der Waals surface area contributed by atoms with Crippen LogP contribution >= 0.6 is 0 Å². The lowest BCUT2D eigenvalue weighted by molar-refractivity contribution is -0.140. The number of methoxy groups -OCH3 is 1. The number of benzene rings is 1. The summed E-state index contributed by atoms with van der Waals surface area (Å²) in [5, 5.41) is 0.923. The highest BCUT2D eigenvalue weighted by atomic mass is 16.5. The van der Waals surface area contributed by atoms with Crippen molar-refractivity contribution < 1.29 is 14.3 Å². The van der Waals surface area contributed by atoms with E-state index in [1.807, 2.05) is 31.2 Å². The minimum Gasteiger partial charge on any atom is -0.469 e. The second-order valence-electron chi connectivity index (χ2n) is 4.62. The first kappa shape index (κ1) is 15.0. The van der Waals surface area contributed by atoms with E-state index in [2.05, 4.69) is 9.72 Å². The van der Waals surface area contributed by atoms with Crippen molar-refractivity contribution in [3.8, 4) is 0 Å². The molecule has 1 amide bonds. The molecule has 110 valence electrons. The molecule has 5 nitrogen and oxygen atoms in total. The Morgan fingerprint density at radius 3 is 2.81 bits per heavy atom. The summed E-state index contributed by atoms with van der Waals surface area (Å²) in [6.07, 6.45) is 1.92. The van der Waals surface area contributed by atoms with Gasteiger partial charge in [0.05, 0.1) is 19.0 Å². The molecule has 21 heavy (non-hydrogen) atoms. The summed E-state index contributed by atoms with van der Waals surface area (Å²) in [4.78, 5) is 29.5. The average Bonchev–Trinajstić information content (AvgIpc) is 2.54. The molecule has 1 aromatic carbocycles. The first-order valence-electron chi connectivity index (χ1n) is 6.86. The summed E-state index contributed by atoms with van der Waals surface area (Å²) < 4.78 is 4.60. The zero-order valence-electron chi connectivity index (χ0n) is 12.2. The molecule has 0 unspecified atom stereocenters. The van der Waals surface area contributed by atoms with Crippen molar-refractivity contribution >= 4 is 22.8 Å². The van der Waals surface area contributed by atoms with Crippen molar-refractivity contribution in [2.24, 2.45) is 0 Å². The molecule has 2 aromatic rings. The van der Waals surface area contributed by atoms with Gasteiger partial charge in [-0.15, -0.1) is 0 Å². The quantitative estimate of drug-likeness (QED) is 0.791. The SMILES string of the molecule is CCN(CCC(=O)OC)C(=O)c1ccc2ncccc2c1. The Balaban J connectivity index is 2.16. The predicted molar refractivity (Wildman–Crippen MR) is 80.0 cm³/mol. The maximum Gasteiger partial charge on any atom is 0.307 e. The fraction of sp³-hybridized carbons (Fsp3) is 0.312. The van der Waals surface area contributed by atoms with Gasteiger partial charge < -0.3 is 9.64 Å². The number of carbonyl (C=O) groups excluding carboxylic acids is 2. The fourth-order valence-corrected chi connectivity index (χ4v) is 2.12. The Bertz CT molecular complexity index is 655. The van der Waals surface area contributed by atoms with Gasteiger partial charge in [-0.05, 0) is 31.2 Å². The van der Waals surface area contributed by atoms with Gasteiger partial charge in [-0.3, -0.25) is 14.6 Å². The van der Waals surface area contributed by atoms with E-state index in [0.29, 0.717) is 18.7 Å². The number of esters is 1. The molecule has 0 saturated heterocycles. The largest absolute Gasteiger partial charge is 0.469 e. The molecular weight excluding hydrogens is 268 g/mol. The van der Waals surface area contributed by atoms with E-state index in [-0.39, 0.29) is 18.3 Å². The number of nitrogens with zero attached hydrogens (tertiary/aromatic N) is 2. The Hall–Kier alpha value is -2.43. The molecule has 0 radical (unpaired) electrons. The van der Waals surface area contributed by atoms with E-state index in [1.54, 1.807) is 17.2 Å². The minimum atomic E-state index is -0.316. The van der Waals surface area contributed by atoms with Gasteiger partial charge >= 0.3 is 5.97 Å². The maximum atomic E-state index is 12.5. The van der Waals surface area contributed by atoms with Crippen LogP contribution in [0.25, 0.3) is 10.9 Å². The summed E-state index contributed by atoms with van der Waals surface area (Å²) in [6, 6.07) is 9.18. The fourth-order valence-electron chi connectivity index (χ4n) is 2.12. The van der Waals surface area contributed by atoms with Crippen molar-refractivity contribution in [3.05, 3.63) is 42.1 Å². The van der Waals surface area contributed by atoms with E-state index >= 15 is 0 Å².